The SMILES string of the molecule is CC(=O)/C=C/CCC/C=C/C(=O)c1ccccc1. The summed E-state index contributed by atoms with van der Waals surface area (Å²) in [6, 6.07) is 9.22. The summed E-state index contributed by atoms with van der Waals surface area (Å²) in [4.78, 5) is 22.3. The van der Waals surface area contributed by atoms with E-state index in [0.717, 1.165) is 19.3 Å². The Balaban J connectivity index is 2.25. The maximum absolute atomic E-state index is 11.7. The van der Waals surface area contributed by atoms with Gasteiger partial charge in [0, 0.05) is 5.56 Å². The molecule has 0 fully saturated rings. The van der Waals surface area contributed by atoms with Crippen LogP contribution in [0.4, 0.5) is 0 Å². The minimum Gasteiger partial charge on any atom is -0.295 e. The predicted octanol–water partition coefficient (Wildman–Crippen LogP) is 3.74. The van der Waals surface area contributed by atoms with Crippen LogP contribution in [0.25, 0.3) is 0 Å². The molecule has 0 saturated heterocycles. The third-order valence-electron chi connectivity index (χ3n) is 2.42. The van der Waals surface area contributed by atoms with Crippen LogP contribution >= 0.6 is 0 Å². The number of carbonyl (C=O) groups excluding carboxylic acids is 2. The minimum absolute atomic E-state index is 0.0369. The second kappa shape index (κ2) is 8.18. The first-order valence-corrected chi connectivity index (χ1v) is 6.13. The molecule has 0 heterocycles. The number of allylic oxidation sites excluding steroid dienone is 4. The molecule has 0 aromatic heterocycles. The Labute approximate surface area is 108 Å². The van der Waals surface area contributed by atoms with E-state index in [9.17, 15) is 9.59 Å². The second-order valence-electron chi connectivity index (χ2n) is 4.08. The molecule has 2 heteroatoms. The standard InChI is InChI=1S/C16H18O2/c1-14(17)10-6-3-2-4-9-13-16(18)15-11-7-5-8-12-15/h5-13H,2-4H2,1H3/b10-6+,13-9+. The van der Waals surface area contributed by atoms with Crippen LogP contribution in [0.1, 0.15) is 36.5 Å². The smallest absolute Gasteiger partial charge is 0.185 e. The summed E-state index contributed by atoms with van der Waals surface area (Å²) < 4.78 is 0. The molecular formula is C16H18O2. The molecule has 94 valence electrons. The van der Waals surface area contributed by atoms with Gasteiger partial charge in [0.15, 0.2) is 11.6 Å². The Bertz CT molecular complexity index is 441. The van der Waals surface area contributed by atoms with Crippen molar-refractivity contribution in [2.24, 2.45) is 0 Å². The molecular weight excluding hydrogens is 224 g/mol. The lowest BCUT2D eigenvalue weighted by molar-refractivity contribution is -0.112. The maximum Gasteiger partial charge on any atom is 0.185 e. The van der Waals surface area contributed by atoms with Gasteiger partial charge in [-0.05, 0) is 38.3 Å². The van der Waals surface area contributed by atoms with Gasteiger partial charge in [-0.25, -0.2) is 0 Å². The van der Waals surface area contributed by atoms with Gasteiger partial charge in [0.1, 0.15) is 0 Å². The fraction of sp³-hybridized carbons (Fsp3) is 0.250. The average molecular weight is 242 g/mol. The van der Waals surface area contributed by atoms with Crippen molar-refractivity contribution in [3.8, 4) is 0 Å². The van der Waals surface area contributed by atoms with Gasteiger partial charge in [-0.2, -0.15) is 0 Å². The molecule has 0 N–H and O–H groups in total. The monoisotopic (exact) mass is 242 g/mol. The van der Waals surface area contributed by atoms with E-state index < -0.39 is 0 Å². The Morgan fingerprint density at radius 1 is 1.00 bits per heavy atom. The summed E-state index contributed by atoms with van der Waals surface area (Å²) in [5.74, 6) is 0.111. The zero-order valence-corrected chi connectivity index (χ0v) is 10.6. The van der Waals surface area contributed by atoms with Crippen LogP contribution in [0.2, 0.25) is 0 Å². The maximum atomic E-state index is 11.7. The fourth-order valence-corrected chi connectivity index (χ4v) is 1.49. The van der Waals surface area contributed by atoms with Gasteiger partial charge in [0.2, 0.25) is 0 Å². The number of ketones is 2. The number of benzene rings is 1. The van der Waals surface area contributed by atoms with Crippen molar-refractivity contribution in [3.05, 3.63) is 60.2 Å². The van der Waals surface area contributed by atoms with Crippen LogP contribution < -0.4 is 0 Å². The predicted molar refractivity (Wildman–Crippen MR) is 73.6 cm³/mol. The molecule has 0 aliphatic carbocycles. The molecule has 0 unspecified atom stereocenters. The number of carbonyl (C=O) groups is 2. The van der Waals surface area contributed by atoms with E-state index in [0.29, 0.717) is 5.56 Å². The van der Waals surface area contributed by atoms with Crippen LogP contribution in [-0.2, 0) is 4.79 Å². The zero-order valence-electron chi connectivity index (χ0n) is 10.6. The van der Waals surface area contributed by atoms with Gasteiger partial charge in [-0.15, -0.1) is 0 Å². The lowest BCUT2D eigenvalue weighted by Gasteiger charge is -1.94. The van der Waals surface area contributed by atoms with Crippen LogP contribution in [0.3, 0.4) is 0 Å². The summed E-state index contributed by atoms with van der Waals surface area (Å²) in [7, 11) is 0. The molecule has 0 bridgehead atoms. The first-order chi connectivity index (χ1) is 8.70. The number of hydrogen-bond acceptors (Lipinski definition) is 2. The van der Waals surface area contributed by atoms with E-state index in [1.54, 1.807) is 12.2 Å². The number of hydrogen-bond donors (Lipinski definition) is 0. The van der Waals surface area contributed by atoms with Gasteiger partial charge in [0.05, 0.1) is 0 Å². The molecule has 0 aliphatic rings. The average Bonchev–Trinajstić information content (AvgIpc) is 2.38. The normalized spacial score (nSPS) is 11.2. The molecule has 18 heavy (non-hydrogen) atoms. The van der Waals surface area contributed by atoms with E-state index >= 15 is 0 Å². The highest BCUT2D eigenvalue weighted by Gasteiger charge is 1.98. The van der Waals surface area contributed by atoms with Crippen LogP contribution in [-0.4, -0.2) is 11.6 Å². The Morgan fingerprint density at radius 3 is 2.22 bits per heavy atom. The largest absolute Gasteiger partial charge is 0.295 e. The van der Waals surface area contributed by atoms with E-state index in [-0.39, 0.29) is 11.6 Å². The second-order valence-corrected chi connectivity index (χ2v) is 4.08. The van der Waals surface area contributed by atoms with Crippen LogP contribution in [0.15, 0.2) is 54.6 Å². The lowest BCUT2D eigenvalue weighted by Crippen LogP contribution is -1.92. The summed E-state index contributed by atoms with van der Waals surface area (Å²) in [5.41, 5.74) is 0.713. The van der Waals surface area contributed by atoms with Crippen molar-refractivity contribution in [1.82, 2.24) is 0 Å². The molecule has 0 radical (unpaired) electrons. The number of rotatable bonds is 7. The first kappa shape index (κ1) is 14.1. The third kappa shape index (κ3) is 5.94. The lowest BCUT2D eigenvalue weighted by atomic mass is 10.1. The Morgan fingerprint density at radius 2 is 1.61 bits per heavy atom. The fourth-order valence-electron chi connectivity index (χ4n) is 1.49. The van der Waals surface area contributed by atoms with E-state index in [2.05, 4.69) is 0 Å². The molecule has 1 rings (SSSR count). The highest BCUT2D eigenvalue weighted by Crippen LogP contribution is 2.03. The van der Waals surface area contributed by atoms with Gasteiger partial charge in [-0.3, -0.25) is 9.59 Å². The highest BCUT2D eigenvalue weighted by molar-refractivity contribution is 6.04. The van der Waals surface area contributed by atoms with Crippen molar-refractivity contribution in [1.29, 1.82) is 0 Å². The molecule has 0 spiro atoms. The molecule has 2 nitrogen and oxygen atoms in total. The van der Waals surface area contributed by atoms with Crippen molar-refractivity contribution in [2.75, 3.05) is 0 Å². The summed E-state index contributed by atoms with van der Waals surface area (Å²) in [5, 5.41) is 0. The topological polar surface area (TPSA) is 34.1 Å². The van der Waals surface area contributed by atoms with Crippen molar-refractivity contribution >= 4 is 11.6 Å². The molecule has 0 amide bonds. The summed E-state index contributed by atoms with van der Waals surface area (Å²) in [6.45, 7) is 1.54. The zero-order chi connectivity index (χ0) is 13.2. The summed E-state index contributed by atoms with van der Waals surface area (Å²) >= 11 is 0. The third-order valence-corrected chi connectivity index (χ3v) is 2.42. The molecule has 0 aliphatic heterocycles. The van der Waals surface area contributed by atoms with Gasteiger partial charge in [0.25, 0.3) is 0 Å². The molecule has 0 saturated carbocycles. The molecule has 1 aromatic rings. The van der Waals surface area contributed by atoms with Gasteiger partial charge < -0.3 is 0 Å². The van der Waals surface area contributed by atoms with Crippen LogP contribution in [0, 0.1) is 0 Å². The van der Waals surface area contributed by atoms with E-state index in [1.807, 2.05) is 42.5 Å². The van der Waals surface area contributed by atoms with Crippen molar-refractivity contribution in [2.45, 2.75) is 26.2 Å². The van der Waals surface area contributed by atoms with Crippen molar-refractivity contribution < 1.29 is 9.59 Å². The van der Waals surface area contributed by atoms with E-state index in [4.69, 9.17) is 0 Å². The number of unbranched alkanes of at least 4 members (excludes halogenated alkanes) is 2. The highest BCUT2D eigenvalue weighted by atomic mass is 16.1. The minimum atomic E-state index is 0.0369. The Kier molecular flexibility index (Phi) is 6.41. The molecule has 1 aromatic carbocycles. The van der Waals surface area contributed by atoms with Gasteiger partial charge >= 0.3 is 0 Å². The Hall–Kier alpha value is -1.96. The van der Waals surface area contributed by atoms with Crippen molar-refractivity contribution in [3.63, 3.8) is 0 Å². The van der Waals surface area contributed by atoms with Gasteiger partial charge in [-0.1, -0.05) is 42.5 Å². The van der Waals surface area contributed by atoms with Crippen LogP contribution in [0.5, 0.6) is 0 Å². The molecule has 0 atom stereocenters. The van der Waals surface area contributed by atoms with E-state index in [1.165, 1.54) is 6.92 Å². The summed E-state index contributed by atoms with van der Waals surface area (Å²) in [6.07, 6.45) is 9.61. The quantitative estimate of drug-likeness (QED) is 0.414. The first-order valence-electron chi connectivity index (χ1n) is 6.13.